The molecule has 26 heavy (non-hydrogen) atoms. The Morgan fingerprint density at radius 1 is 1.08 bits per heavy atom. The van der Waals surface area contributed by atoms with Crippen LogP contribution in [0.25, 0.3) is 0 Å². The van der Waals surface area contributed by atoms with Crippen LogP contribution < -0.4 is 9.46 Å². The summed E-state index contributed by atoms with van der Waals surface area (Å²) in [6.07, 6.45) is -5.26. The maximum Gasteiger partial charge on any atom is 0.416 e. The first-order valence-corrected chi connectivity index (χ1v) is 8.99. The number of hydrogen-bond acceptors (Lipinski definition) is 4. The summed E-state index contributed by atoms with van der Waals surface area (Å²) in [5.74, 6) is 0.574. The topological polar surface area (TPSA) is 64.6 Å². The second-order valence-electron chi connectivity index (χ2n) is 5.38. The van der Waals surface area contributed by atoms with E-state index in [2.05, 4.69) is 4.72 Å². The van der Waals surface area contributed by atoms with E-state index < -0.39 is 32.8 Å². The highest BCUT2D eigenvalue weighted by molar-refractivity contribution is 7.89. The number of sulfonamides is 1. The number of benzene rings is 2. The number of methoxy groups -OCH3 is 2. The molecule has 0 aliphatic carbocycles. The first kappa shape index (κ1) is 20.2. The maximum atomic E-state index is 12.8. The lowest BCUT2D eigenvalue weighted by atomic mass is 10.1. The predicted octanol–water partition coefficient (Wildman–Crippen LogP) is 3.38. The summed E-state index contributed by atoms with van der Waals surface area (Å²) >= 11 is 0. The molecule has 0 aliphatic heterocycles. The Balaban J connectivity index is 2.18. The van der Waals surface area contributed by atoms with Crippen molar-refractivity contribution in [2.45, 2.75) is 17.2 Å². The SMILES string of the molecule is COc1cccc([C@H](CNS(=O)(=O)c2cccc(C(F)(F)F)c2)OC)c1. The average molecular weight is 389 g/mol. The van der Waals surface area contributed by atoms with Gasteiger partial charge in [-0.2, -0.15) is 13.2 Å². The largest absolute Gasteiger partial charge is 0.497 e. The van der Waals surface area contributed by atoms with Gasteiger partial charge in [0.15, 0.2) is 0 Å². The van der Waals surface area contributed by atoms with Crippen molar-refractivity contribution in [3.8, 4) is 5.75 Å². The molecular formula is C17H18F3NO4S. The van der Waals surface area contributed by atoms with Gasteiger partial charge in [0.2, 0.25) is 10.0 Å². The van der Waals surface area contributed by atoms with Crippen LogP contribution in [0, 0.1) is 0 Å². The minimum Gasteiger partial charge on any atom is -0.497 e. The van der Waals surface area contributed by atoms with E-state index in [0.29, 0.717) is 17.4 Å². The van der Waals surface area contributed by atoms with Gasteiger partial charge >= 0.3 is 6.18 Å². The molecule has 2 aromatic carbocycles. The quantitative estimate of drug-likeness (QED) is 0.789. The van der Waals surface area contributed by atoms with Crippen molar-refractivity contribution in [1.82, 2.24) is 4.72 Å². The Bertz CT molecular complexity index is 853. The second kappa shape index (κ2) is 8.07. The van der Waals surface area contributed by atoms with E-state index >= 15 is 0 Å². The lowest BCUT2D eigenvalue weighted by Crippen LogP contribution is -2.29. The Labute approximate surface area is 149 Å². The lowest BCUT2D eigenvalue weighted by molar-refractivity contribution is -0.137. The first-order chi connectivity index (χ1) is 12.2. The molecule has 0 spiro atoms. The van der Waals surface area contributed by atoms with Gasteiger partial charge in [-0.3, -0.25) is 0 Å². The molecule has 0 radical (unpaired) electrons. The molecule has 9 heteroatoms. The van der Waals surface area contributed by atoms with Crippen LogP contribution in [0.1, 0.15) is 17.2 Å². The molecule has 0 saturated carbocycles. The number of rotatable bonds is 7. The number of halogens is 3. The molecule has 0 heterocycles. The van der Waals surface area contributed by atoms with Crippen LogP contribution in [0.5, 0.6) is 5.75 Å². The van der Waals surface area contributed by atoms with Gasteiger partial charge in [-0.05, 0) is 35.9 Å². The second-order valence-corrected chi connectivity index (χ2v) is 7.15. The summed E-state index contributed by atoms with van der Waals surface area (Å²) in [6.45, 7) is -0.151. The molecule has 0 aliphatic rings. The zero-order valence-corrected chi connectivity index (χ0v) is 14.9. The van der Waals surface area contributed by atoms with E-state index in [1.165, 1.54) is 14.2 Å². The average Bonchev–Trinajstić information content (AvgIpc) is 2.62. The van der Waals surface area contributed by atoms with Crippen molar-refractivity contribution in [3.63, 3.8) is 0 Å². The molecule has 142 valence electrons. The predicted molar refractivity (Wildman–Crippen MR) is 89.4 cm³/mol. The van der Waals surface area contributed by atoms with Gasteiger partial charge in [-0.15, -0.1) is 0 Å². The van der Waals surface area contributed by atoms with E-state index in [1.807, 2.05) is 0 Å². The molecule has 0 amide bonds. The van der Waals surface area contributed by atoms with Gasteiger partial charge in [-0.1, -0.05) is 18.2 Å². The van der Waals surface area contributed by atoms with Gasteiger partial charge in [0.05, 0.1) is 23.7 Å². The fourth-order valence-electron chi connectivity index (χ4n) is 2.29. The molecule has 0 unspecified atom stereocenters. The molecule has 2 aromatic rings. The fraction of sp³-hybridized carbons (Fsp3) is 0.294. The third kappa shape index (κ3) is 4.96. The molecule has 0 saturated heterocycles. The van der Waals surface area contributed by atoms with Crippen LogP contribution in [0.2, 0.25) is 0 Å². The van der Waals surface area contributed by atoms with Gasteiger partial charge < -0.3 is 9.47 Å². The normalized spacial score (nSPS) is 13.4. The Morgan fingerprint density at radius 3 is 2.38 bits per heavy atom. The maximum absolute atomic E-state index is 12.8. The van der Waals surface area contributed by atoms with Crippen LogP contribution in [-0.2, 0) is 20.9 Å². The highest BCUT2D eigenvalue weighted by Crippen LogP contribution is 2.30. The smallest absolute Gasteiger partial charge is 0.416 e. The first-order valence-electron chi connectivity index (χ1n) is 7.51. The zero-order chi connectivity index (χ0) is 19.4. The highest BCUT2D eigenvalue weighted by Gasteiger charge is 2.31. The zero-order valence-electron chi connectivity index (χ0n) is 14.1. The fourth-order valence-corrected chi connectivity index (χ4v) is 3.36. The van der Waals surface area contributed by atoms with Crippen molar-refractivity contribution in [3.05, 3.63) is 59.7 Å². The molecule has 5 nitrogen and oxygen atoms in total. The van der Waals surface area contributed by atoms with Crippen LogP contribution in [0.15, 0.2) is 53.4 Å². The number of alkyl halides is 3. The summed E-state index contributed by atoms with van der Waals surface area (Å²) in [5.41, 5.74) is -0.366. The van der Waals surface area contributed by atoms with Gasteiger partial charge in [0.1, 0.15) is 5.75 Å². The summed E-state index contributed by atoms with van der Waals surface area (Å²) in [6, 6.07) is 10.4. The Kier molecular flexibility index (Phi) is 6.27. The van der Waals surface area contributed by atoms with Crippen LogP contribution in [0.4, 0.5) is 13.2 Å². The van der Waals surface area contributed by atoms with Gasteiger partial charge in [0, 0.05) is 13.7 Å². The van der Waals surface area contributed by atoms with Crippen molar-refractivity contribution in [2.24, 2.45) is 0 Å². The van der Waals surface area contributed by atoms with E-state index in [1.54, 1.807) is 24.3 Å². The minimum absolute atomic E-state index is 0.151. The molecule has 1 N–H and O–H groups in total. The summed E-state index contributed by atoms with van der Waals surface area (Å²) in [5, 5.41) is 0. The van der Waals surface area contributed by atoms with Gasteiger partial charge in [-0.25, -0.2) is 13.1 Å². The standard InChI is InChI=1S/C17H18F3NO4S/c1-24-14-7-3-5-12(9-14)16(25-2)11-21-26(22,23)15-8-4-6-13(10-15)17(18,19)20/h3-10,16,21H,11H2,1-2H3/t16-/m0/s1. The molecular weight excluding hydrogens is 371 g/mol. The summed E-state index contributed by atoms with van der Waals surface area (Å²) in [7, 11) is -1.23. The van der Waals surface area contributed by atoms with Crippen molar-refractivity contribution in [1.29, 1.82) is 0 Å². The van der Waals surface area contributed by atoms with Crippen LogP contribution in [-0.4, -0.2) is 29.2 Å². The Morgan fingerprint density at radius 2 is 1.77 bits per heavy atom. The molecule has 1 atom stereocenters. The number of nitrogens with one attached hydrogen (secondary N) is 1. The number of hydrogen-bond donors (Lipinski definition) is 1. The molecule has 0 aromatic heterocycles. The third-order valence-corrected chi connectivity index (χ3v) is 5.10. The molecule has 0 bridgehead atoms. The third-order valence-electron chi connectivity index (χ3n) is 3.68. The molecule has 0 fully saturated rings. The summed E-state index contributed by atoms with van der Waals surface area (Å²) in [4.78, 5) is -0.465. The highest BCUT2D eigenvalue weighted by atomic mass is 32.2. The van der Waals surface area contributed by atoms with Gasteiger partial charge in [0.25, 0.3) is 0 Å². The monoisotopic (exact) mass is 389 g/mol. The van der Waals surface area contributed by atoms with E-state index in [0.717, 1.165) is 18.2 Å². The molecule has 2 rings (SSSR count). The van der Waals surface area contributed by atoms with E-state index in [9.17, 15) is 21.6 Å². The summed E-state index contributed by atoms with van der Waals surface area (Å²) < 4.78 is 75.6. The lowest BCUT2D eigenvalue weighted by Gasteiger charge is -2.17. The van der Waals surface area contributed by atoms with E-state index in [-0.39, 0.29) is 6.54 Å². The number of ether oxygens (including phenoxy) is 2. The minimum atomic E-state index is -4.62. The van der Waals surface area contributed by atoms with Crippen LogP contribution >= 0.6 is 0 Å². The Hall–Kier alpha value is -2.10. The van der Waals surface area contributed by atoms with Crippen molar-refractivity contribution < 1.29 is 31.1 Å². The van der Waals surface area contributed by atoms with E-state index in [4.69, 9.17) is 9.47 Å². The van der Waals surface area contributed by atoms with Crippen molar-refractivity contribution in [2.75, 3.05) is 20.8 Å². The van der Waals surface area contributed by atoms with Crippen molar-refractivity contribution >= 4 is 10.0 Å². The van der Waals surface area contributed by atoms with Crippen LogP contribution in [0.3, 0.4) is 0 Å².